The number of nitrogens with one attached hydrogen (secondary N) is 1. The first-order valence-electron chi connectivity index (χ1n) is 7.89. The fourth-order valence-corrected chi connectivity index (χ4v) is 4.77. The van der Waals surface area contributed by atoms with Crippen molar-refractivity contribution < 1.29 is 23.4 Å². The largest absolute Gasteiger partial charge is 0.488 e. The topological polar surface area (TPSA) is 122 Å². The maximum atomic E-state index is 10.7. The van der Waals surface area contributed by atoms with E-state index in [-0.39, 0.29) is 19.6 Å². The Balaban J connectivity index is 1.49. The van der Waals surface area contributed by atoms with Gasteiger partial charge in [-0.25, -0.2) is 9.97 Å². The molecule has 136 valence electrons. The fraction of sp³-hybridized carbons (Fsp3) is 0.615. The van der Waals surface area contributed by atoms with Crippen molar-refractivity contribution in [2.45, 2.75) is 31.0 Å². The number of aromatic nitrogens is 2. The van der Waals surface area contributed by atoms with Crippen molar-refractivity contribution in [2.75, 3.05) is 30.1 Å². The molecule has 2 N–H and O–H groups in total. The van der Waals surface area contributed by atoms with Crippen LogP contribution >= 0.6 is 19.4 Å². The molecule has 4 unspecified atom stereocenters. The Morgan fingerprint density at radius 3 is 3.23 bits per heavy atom. The van der Waals surface area contributed by atoms with Gasteiger partial charge in [0.05, 0.1) is 19.2 Å². The fourth-order valence-electron chi connectivity index (χ4n) is 3.08. The highest BCUT2D eigenvalue weighted by atomic mass is 35.5. The summed E-state index contributed by atoms with van der Waals surface area (Å²) in [5, 5.41) is 22.7. The summed E-state index contributed by atoms with van der Waals surface area (Å²) >= 11 is 6.06. The SMILES string of the molecule is [B][P+]1(OCCC#N)OCC2OC(N3CNc4c(Cl)ncnc43)C(O)[C@@H]2O1. The lowest BCUT2D eigenvalue weighted by Gasteiger charge is -2.30. The molecule has 2 fully saturated rings. The smallest absolute Gasteiger partial charge is 0.385 e. The van der Waals surface area contributed by atoms with Crippen molar-refractivity contribution in [1.29, 1.82) is 5.26 Å². The van der Waals surface area contributed by atoms with E-state index in [0.29, 0.717) is 23.3 Å². The summed E-state index contributed by atoms with van der Waals surface area (Å²) < 4.78 is 22.5. The van der Waals surface area contributed by atoms with Crippen LogP contribution in [0.2, 0.25) is 5.15 Å². The number of aliphatic hydroxyl groups is 1. The van der Waals surface area contributed by atoms with Gasteiger partial charge in [-0.3, -0.25) is 0 Å². The molecule has 0 aliphatic carbocycles. The van der Waals surface area contributed by atoms with Crippen molar-refractivity contribution in [3.63, 3.8) is 0 Å². The third kappa shape index (κ3) is 3.12. The summed E-state index contributed by atoms with van der Waals surface area (Å²) in [5.41, 5.74) is 0.581. The van der Waals surface area contributed by atoms with Crippen LogP contribution in [0.15, 0.2) is 6.33 Å². The molecule has 1 aromatic heterocycles. The zero-order chi connectivity index (χ0) is 18.3. The van der Waals surface area contributed by atoms with Crippen molar-refractivity contribution in [3.8, 4) is 6.07 Å². The first-order chi connectivity index (χ1) is 12.5. The van der Waals surface area contributed by atoms with Gasteiger partial charge in [0.2, 0.25) is 0 Å². The van der Waals surface area contributed by atoms with E-state index < -0.39 is 32.4 Å². The second-order valence-corrected chi connectivity index (χ2v) is 8.04. The molecule has 2 saturated heterocycles. The molecule has 0 spiro atoms. The van der Waals surface area contributed by atoms with Gasteiger partial charge in [0.1, 0.15) is 37.4 Å². The van der Waals surface area contributed by atoms with Gasteiger partial charge < -0.3 is 20.1 Å². The molecular weight excluding hydrogens is 383 g/mol. The molecule has 0 aromatic carbocycles. The van der Waals surface area contributed by atoms with E-state index in [1.54, 1.807) is 4.90 Å². The lowest BCUT2D eigenvalue weighted by molar-refractivity contribution is -0.0489. The molecule has 2 radical (unpaired) electrons. The Kier molecular flexibility index (Phi) is 4.92. The normalized spacial score (nSPS) is 35.5. The van der Waals surface area contributed by atoms with Gasteiger partial charge in [-0.2, -0.15) is 18.8 Å². The summed E-state index contributed by atoms with van der Waals surface area (Å²) in [4.78, 5) is 9.87. The molecular formula is C13H15BClN5O5P+. The average Bonchev–Trinajstić information content (AvgIpc) is 3.18. The van der Waals surface area contributed by atoms with Crippen LogP contribution in [-0.2, 0) is 18.3 Å². The van der Waals surface area contributed by atoms with E-state index in [0.717, 1.165) is 0 Å². The lowest BCUT2D eigenvalue weighted by atomic mass is 10.1. The summed E-state index contributed by atoms with van der Waals surface area (Å²) in [6, 6.07) is 1.95. The van der Waals surface area contributed by atoms with Gasteiger partial charge in [0, 0.05) is 0 Å². The molecule has 0 bridgehead atoms. The van der Waals surface area contributed by atoms with Gasteiger partial charge in [-0.05, 0) is 0 Å². The van der Waals surface area contributed by atoms with Crippen LogP contribution in [-0.4, -0.2) is 67.1 Å². The second kappa shape index (κ2) is 7.05. The van der Waals surface area contributed by atoms with E-state index in [4.69, 9.17) is 42.7 Å². The van der Waals surface area contributed by atoms with Crippen LogP contribution in [0.3, 0.4) is 0 Å². The van der Waals surface area contributed by atoms with Crippen LogP contribution in [0.1, 0.15) is 6.42 Å². The van der Waals surface area contributed by atoms with Crippen LogP contribution in [0.4, 0.5) is 11.5 Å². The lowest BCUT2D eigenvalue weighted by Crippen LogP contribution is -2.46. The molecule has 10 nitrogen and oxygen atoms in total. The Morgan fingerprint density at radius 1 is 1.58 bits per heavy atom. The average molecular weight is 399 g/mol. The predicted octanol–water partition coefficient (Wildman–Crippen LogP) is 0.597. The van der Waals surface area contributed by atoms with Gasteiger partial charge in [0.25, 0.3) is 0 Å². The summed E-state index contributed by atoms with van der Waals surface area (Å²) in [5.74, 6) is 0.535. The van der Waals surface area contributed by atoms with Gasteiger partial charge in [-0.1, -0.05) is 11.6 Å². The van der Waals surface area contributed by atoms with Crippen molar-refractivity contribution in [3.05, 3.63) is 11.5 Å². The number of ether oxygens (including phenoxy) is 1. The van der Waals surface area contributed by atoms with Crippen LogP contribution in [0.5, 0.6) is 0 Å². The number of anilines is 2. The number of aliphatic hydroxyl groups excluding tert-OH is 1. The molecule has 13 heteroatoms. The molecule has 3 aliphatic rings. The summed E-state index contributed by atoms with van der Waals surface area (Å²) in [6.07, 6.45) is -1.44. The van der Waals surface area contributed by atoms with Gasteiger partial charge >= 0.3 is 15.4 Å². The number of fused-ring (bicyclic) bond motifs is 2. The molecule has 5 atom stereocenters. The highest BCUT2D eigenvalue weighted by Gasteiger charge is 2.59. The zero-order valence-electron chi connectivity index (χ0n) is 13.5. The minimum absolute atomic E-state index is 0.0946. The molecule has 0 amide bonds. The predicted molar refractivity (Wildman–Crippen MR) is 92.4 cm³/mol. The Morgan fingerprint density at radius 2 is 2.42 bits per heavy atom. The quantitative estimate of drug-likeness (QED) is 0.322. The number of hydrogen-bond donors (Lipinski definition) is 2. The Labute approximate surface area is 156 Å². The monoisotopic (exact) mass is 398 g/mol. The minimum atomic E-state index is -3.10. The third-order valence-electron chi connectivity index (χ3n) is 4.27. The Bertz CT molecular complexity index is 743. The summed E-state index contributed by atoms with van der Waals surface area (Å²) in [6.45, 7) is 0.558. The third-order valence-corrected chi connectivity index (χ3v) is 6.14. The molecule has 3 aliphatic heterocycles. The Hall–Kier alpha value is -1.25. The molecule has 0 saturated carbocycles. The van der Waals surface area contributed by atoms with E-state index in [1.165, 1.54) is 6.33 Å². The minimum Gasteiger partial charge on any atom is -0.385 e. The maximum absolute atomic E-state index is 10.7. The van der Waals surface area contributed by atoms with Gasteiger partial charge in [0.15, 0.2) is 23.3 Å². The number of nitriles is 1. The number of nitrogens with zero attached hydrogens (tertiary/aromatic N) is 4. The highest BCUT2D eigenvalue weighted by Crippen LogP contribution is 2.62. The van der Waals surface area contributed by atoms with Crippen LogP contribution < -0.4 is 10.2 Å². The van der Waals surface area contributed by atoms with Crippen LogP contribution in [0.25, 0.3) is 0 Å². The van der Waals surface area contributed by atoms with E-state index in [9.17, 15) is 5.11 Å². The second-order valence-electron chi connectivity index (χ2n) is 5.87. The number of halogens is 1. The highest BCUT2D eigenvalue weighted by molar-refractivity contribution is 7.85. The number of hydrogen-bond acceptors (Lipinski definition) is 10. The van der Waals surface area contributed by atoms with Crippen molar-refractivity contribution in [1.82, 2.24) is 9.97 Å². The van der Waals surface area contributed by atoms with E-state index in [2.05, 4.69) is 15.3 Å². The standard InChI is InChI=1S/C13H15BClN5O5P/c14-26(22-3-1-2-16)23-4-7-10(25-26)9(21)13(24-7)20-6-19-8-11(15)17-5-18-12(8)20/h5,7,9-10,13,19,21H,1,3-4,6H2/q+1/t7?,9?,10-,13?,26?/m1/s1. The first kappa shape index (κ1) is 18.1. The molecule has 4 heterocycles. The van der Waals surface area contributed by atoms with E-state index in [1.807, 2.05) is 6.07 Å². The maximum Gasteiger partial charge on any atom is 0.488 e. The molecule has 26 heavy (non-hydrogen) atoms. The molecule has 1 aromatic rings. The van der Waals surface area contributed by atoms with E-state index >= 15 is 0 Å². The van der Waals surface area contributed by atoms with Gasteiger partial charge in [-0.15, -0.1) is 0 Å². The van der Waals surface area contributed by atoms with Crippen molar-refractivity contribution in [2.24, 2.45) is 0 Å². The first-order valence-corrected chi connectivity index (χ1v) is 9.88. The molecule has 4 rings (SSSR count). The zero-order valence-corrected chi connectivity index (χ0v) is 15.1. The summed E-state index contributed by atoms with van der Waals surface area (Å²) in [7, 11) is 2.91. The van der Waals surface area contributed by atoms with Crippen molar-refractivity contribution >= 4 is 38.5 Å². The number of rotatable bonds is 4. The van der Waals surface area contributed by atoms with Crippen LogP contribution in [0, 0.1) is 11.3 Å².